The molecule has 1 aliphatic heterocycles. The largest absolute Gasteiger partial charge is 0.353 e. The molecule has 0 bridgehead atoms. The van der Waals surface area contributed by atoms with E-state index in [9.17, 15) is 9.59 Å². The molecule has 4 nitrogen and oxygen atoms in total. The fraction of sp³-hybridized carbons (Fsp3) is 0.429. The molecule has 1 N–H and O–H groups in total. The number of benzene rings is 1. The molecule has 1 saturated heterocycles. The van der Waals surface area contributed by atoms with Crippen LogP contribution in [0.15, 0.2) is 22.7 Å². The van der Waals surface area contributed by atoms with E-state index in [0.717, 1.165) is 10.0 Å². The SMILES string of the molecule is CCC1C(=O)NCCN1C(=O)c1ccc(C)cc1Br. The second kappa shape index (κ2) is 5.74. The van der Waals surface area contributed by atoms with Gasteiger partial charge in [0.15, 0.2) is 0 Å². The zero-order valence-corrected chi connectivity index (χ0v) is 12.7. The van der Waals surface area contributed by atoms with Crippen LogP contribution in [-0.2, 0) is 4.79 Å². The molecule has 1 atom stereocenters. The summed E-state index contributed by atoms with van der Waals surface area (Å²) in [5, 5.41) is 2.80. The van der Waals surface area contributed by atoms with Crippen molar-refractivity contribution in [3.8, 4) is 0 Å². The highest BCUT2D eigenvalue weighted by atomic mass is 79.9. The molecule has 0 aliphatic carbocycles. The maximum absolute atomic E-state index is 12.6. The molecule has 5 heteroatoms. The standard InChI is InChI=1S/C14H17BrN2O2/c1-3-12-13(18)16-6-7-17(12)14(19)10-5-4-9(2)8-11(10)15/h4-5,8,12H,3,6-7H2,1-2H3,(H,16,18). The van der Waals surface area contributed by atoms with E-state index >= 15 is 0 Å². The lowest BCUT2D eigenvalue weighted by Gasteiger charge is -2.34. The smallest absolute Gasteiger partial charge is 0.255 e. The van der Waals surface area contributed by atoms with E-state index in [1.165, 1.54) is 0 Å². The highest BCUT2D eigenvalue weighted by molar-refractivity contribution is 9.10. The molecule has 1 fully saturated rings. The zero-order valence-electron chi connectivity index (χ0n) is 11.1. The van der Waals surface area contributed by atoms with E-state index in [2.05, 4.69) is 21.2 Å². The maximum atomic E-state index is 12.6. The van der Waals surface area contributed by atoms with Crippen LogP contribution in [0.25, 0.3) is 0 Å². The molecule has 0 spiro atoms. The molecule has 1 aromatic rings. The maximum Gasteiger partial charge on any atom is 0.255 e. The summed E-state index contributed by atoms with van der Waals surface area (Å²) in [6, 6.07) is 5.26. The number of nitrogens with one attached hydrogen (secondary N) is 1. The van der Waals surface area contributed by atoms with Crippen molar-refractivity contribution in [2.75, 3.05) is 13.1 Å². The number of carbonyl (C=O) groups excluding carboxylic acids is 2. The number of piperazine rings is 1. The number of nitrogens with zero attached hydrogens (tertiary/aromatic N) is 1. The Labute approximate surface area is 121 Å². The molecule has 1 heterocycles. The van der Waals surface area contributed by atoms with Crippen LogP contribution in [0.3, 0.4) is 0 Å². The van der Waals surface area contributed by atoms with Crippen LogP contribution in [0, 0.1) is 6.92 Å². The van der Waals surface area contributed by atoms with Crippen LogP contribution in [0.4, 0.5) is 0 Å². The van der Waals surface area contributed by atoms with Gasteiger partial charge < -0.3 is 10.2 Å². The average Bonchev–Trinajstić information content (AvgIpc) is 2.37. The lowest BCUT2D eigenvalue weighted by molar-refractivity contribution is -0.127. The summed E-state index contributed by atoms with van der Waals surface area (Å²) in [6.07, 6.45) is 0.626. The molecule has 1 aliphatic rings. The normalized spacial score (nSPS) is 19.2. The fourth-order valence-electron chi connectivity index (χ4n) is 2.31. The van der Waals surface area contributed by atoms with Gasteiger partial charge in [-0.3, -0.25) is 9.59 Å². The Morgan fingerprint density at radius 3 is 2.89 bits per heavy atom. The zero-order chi connectivity index (χ0) is 14.0. The molecule has 0 saturated carbocycles. The summed E-state index contributed by atoms with van der Waals surface area (Å²) in [7, 11) is 0. The second-order valence-corrected chi connectivity index (χ2v) is 5.55. The Balaban J connectivity index is 2.29. The minimum absolute atomic E-state index is 0.0645. The van der Waals surface area contributed by atoms with Crippen molar-refractivity contribution in [3.05, 3.63) is 33.8 Å². The summed E-state index contributed by atoms with van der Waals surface area (Å²) in [5.74, 6) is -0.154. The number of halogens is 1. The van der Waals surface area contributed by atoms with Crippen molar-refractivity contribution in [1.82, 2.24) is 10.2 Å². The summed E-state index contributed by atoms with van der Waals surface area (Å²) in [4.78, 5) is 26.0. The van der Waals surface area contributed by atoms with Gasteiger partial charge in [-0.25, -0.2) is 0 Å². The van der Waals surface area contributed by atoms with Crippen LogP contribution in [0.1, 0.15) is 29.3 Å². The first-order valence-corrected chi connectivity index (χ1v) is 7.18. The monoisotopic (exact) mass is 324 g/mol. The number of rotatable bonds is 2. The van der Waals surface area contributed by atoms with Gasteiger partial charge in [-0.15, -0.1) is 0 Å². The van der Waals surface area contributed by atoms with Gasteiger partial charge in [0.1, 0.15) is 6.04 Å². The Hall–Kier alpha value is -1.36. The van der Waals surface area contributed by atoms with Gasteiger partial charge in [-0.05, 0) is 47.0 Å². The van der Waals surface area contributed by atoms with Crippen molar-refractivity contribution in [2.24, 2.45) is 0 Å². The van der Waals surface area contributed by atoms with Crippen molar-refractivity contribution in [1.29, 1.82) is 0 Å². The summed E-state index contributed by atoms with van der Waals surface area (Å²) < 4.78 is 0.776. The number of amides is 2. The molecule has 1 aromatic carbocycles. The number of hydrogen-bond acceptors (Lipinski definition) is 2. The Kier molecular flexibility index (Phi) is 4.24. The van der Waals surface area contributed by atoms with Gasteiger partial charge >= 0.3 is 0 Å². The molecule has 0 aromatic heterocycles. The quantitative estimate of drug-likeness (QED) is 0.905. The number of carbonyl (C=O) groups is 2. The van der Waals surface area contributed by atoms with Crippen molar-refractivity contribution < 1.29 is 9.59 Å². The molecule has 2 rings (SSSR count). The topological polar surface area (TPSA) is 49.4 Å². The number of aryl methyl sites for hydroxylation is 1. The van der Waals surface area contributed by atoms with E-state index in [4.69, 9.17) is 0 Å². The second-order valence-electron chi connectivity index (χ2n) is 4.70. The molecule has 2 amide bonds. The molecular formula is C14H17BrN2O2. The predicted octanol–water partition coefficient (Wildman–Crippen LogP) is 2.11. The summed E-state index contributed by atoms with van der Waals surface area (Å²) in [6.45, 7) is 4.97. The number of hydrogen-bond donors (Lipinski definition) is 1. The first kappa shape index (κ1) is 14.1. The first-order valence-electron chi connectivity index (χ1n) is 6.39. The Morgan fingerprint density at radius 2 is 2.26 bits per heavy atom. The molecular weight excluding hydrogens is 308 g/mol. The summed E-state index contributed by atoms with van der Waals surface area (Å²) in [5.41, 5.74) is 1.70. The first-order chi connectivity index (χ1) is 9.04. The van der Waals surface area contributed by atoms with Crippen LogP contribution in [0.5, 0.6) is 0 Å². The average molecular weight is 325 g/mol. The third kappa shape index (κ3) is 2.81. The third-order valence-electron chi connectivity index (χ3n) is 3.33. The van der Waals surface area contributed by atoms with Crippen LogP contribution in [0.2, 0.25) is 0 Å². The van der Waals surface area contributed by atoms with Crippen molar-refractivity contribution >= 4 is 27.7 Å². The van der Waals surface area contributed by atoms with E-state index in [1.54, 1.807) is 11.0 Å². The molecule has 1 unspecified atom stereocenters. The van der Waals surface area contributed by atoms with E-state index < -0.39 is 0 Å². The lowest BCUT2D eigenvalue weighted by atomic mass is 10.1. The van der Waals surface area contributed by atoms with Gasteiger partial charge in [-0.1, -0.05) is 13.0 Å². The molecule has 19 heavy (non-hydrogen) atoms. The van der Waals surface area contributed by atoms with Gasteiger partial charge in [0.2, 0.25) is 5.91 Å². The predicted molar refractivity (Wildman–Crippen MR) is 77.0 cm³/mol. The van der Waals surface area contributed by atoms with E-state index in [1.807, 2.05) is 26.0 Å². The minimum Gasteiger partial charge on any atom is -0.353 e. The Bertz CT molecular complexity index is 516. The highest BCUT2D eigenvalue weighted by Gasteiger charge is 2.32. The van der Waals surface area contributed by atoms with E-state index in [-0.39, 0.29) is 17.9 Å². The summed E-state index contributed by atoms with van der Waals surface area (Å²) >= 11 is 3.42. The van der Waals surface area contributed by atoms with Gasteiger partial charge in [-0.2, -0.15) is 0 Å². The van der Waals surface area contributed by atoms with Gasteiger partial charge in [0.25, 0.3) is 5.91 Å². The lowest BCUT2D eigenvalue weighted by Crippen LogP contribution is -2.56. The molecule has 0 radical (unpaired) electrons. The fourth-order valence-corrected chi connectivity index (χ4v) is 2.97. The van der Waals surface area contributed by atoms with Gasteiger partial charge in [0.05, 0.1) is 5.56 Å². The Morgan fingerprint density at radius 1 is 1.53 bits per heavy atom. The van der Waals surface area contributed by atoms with Crippen molar-refractivity contribution in [3.63, 3.8) is 0 Å². The van der Waals surface area contributed by atoms with Crippen LogP contribution >= 0.6 is 15.9 Å². The molecule has 102 valence electrons. The van der Waals surface area contributed by atoms with Gasteiger partial charge in [0, 0.05) is 17.6 Å². The third-order valence-corrected chi connectivity index (χ3v) is 3.99. The minimum atomic E-state index is -0.366. The van der Waals surface area contributed by atoms with E-state index in [0.29, 0.717) is 25.1 Å². The van der Waals surface area contributed by atoms with Crippen molar-refractivity contribution in [2.45, 2.75) is 26.3 Å². The highest BCUT2D eigenvalue weighted by Crippen LogP contribution is 2.22. The van der Waals surface area contributed by atoms with Crippen LogP contribution < -0.4 is 5.32 Å². The van der Waals surface area contributed by atoms with Crippen LogP contribution in [-0.4, -0.2) is 35.8 Å².